The Labute approximate surface area is 231 Å². The van der Waals surface area contributed by atoms with E-state index in [9.17, 15) is 14.4 Å². The first-order valence-corrected chi connectivity index (χ1v) is 12.8. The van der Waals surface area contributed by atoms with E-state index in [0.717, 1.165) is 38.9 Å². The Morgan fingerprint density at radius 1 is 0.667 bits per heavy atom. The second kappa shape index (κ2) is 33.0. The fraction of sp³-hybridized carbons (Fsp3) is 0.909. The monoisotopic (exact) mass is 466 g/mol. The summed E-state index contributed by atoms with van der Waals surface area (Å²) in [4.78, 5) is 20.5. The summed E-state index contributed by atoms with van der Waals surface area (Å²) < 4.78 is 19.3. The van der Waals surface area contributed by atoms with Crippen LogP contribution in [0.15, 0.2) is 12.2 Å². The Kier molecular flexibility index (Phi) is 42.9. The van der Waals surface area contributed by atoms with Crippen LogP contribution in [0.1, 0.15) is 111 Å². The van der Waals surface area contributed by atoms with Crippen molar-refractivity contribution in [2.75, 3.05) is 19.8 Å². The number of phosphoric ester groups is 1. The summed E-state index contributed by atoms with van der Waals surface area (Å²) in [5.74, 6) is 0. The van der Waals surface area contributed by atoms with Crippen LogP contribution in [-0.2, 0) is 13.8 Å². The van der Waals surface area contributed by atoms with Gasteiger partial charge < -0.3 is 23.6 Å². The standard InChI is InChI=1S/C18H37O4P.C4H10O.2Na/c1-2-3-4-5-6-7-8-9-10-11-12-13-14-15-16-17-18-22-23(19,20)21;1-3-5-4-2;;/h9-10H,2-8,11-18H2,1H3,(H2,19,20,21);3-4H2,1-2H3;;/q;;2*+1/p-2/b10-9-;;;. The number of hydrogen-bond donors (Lipinski definition) is 0. The molecule has 170 valence electrons. The maximum atomic E-state index is 10.2. The summed E-state index contributed by atoms with van der Waals surface area (Å²) in [5.41, 5.74) is 0. The first-order valence-electron chi connectivity index (χ1n) is 11.4. The van der Waals surface area contributed by atoms with Crippen LogP contribution >= 0.6 is 7.82 Å². The molecule has 0 heterocycles. The van der Waals surface area contributed by atoms with E-state index in [-0.39, 0.29) is 65.7 Å². The zero-order chi connectivity index (χ0) is 21.3. The summed E-state index contributed by atoms with van der Waals surface area (Å²) >= 11 is 0. The summed E-state index contributed by atoms with van der Waals surface area (Å²) in [6.45, 7) is 7.95. The third-order valence-electron chi connectivity index (χ3n) is 4.31. The quantitative estimate of drug-likeness (QED) is 0.115. The fourth-order valence-corrected chi connectivity index (χ4v) is 3.08. The third kappa shape index (κ3) is 43.6. The van der Waals surface area contributed by atoms with Crippen LogP contribution in [-0.4, -0.2) is 19.8 Å². The third-order valence-corrected chi connectivity index (χ3v) is 4.81. The van der Waals surface area contributed by atoms with E-state index in [1.807, 2.05) is 13.8 Å². The zero-order valence-corrected chi connectivity index (χ0v) is 25.6. The van der Waals surface area contributed by atoms with Crippen molar-refractivity contribution in [2.45, 2.75) is 111 Å². The molecule has 0 spiro atoms. The van der Waals surface area contributed by atoms with Gasteiger partial charge in [-0.1, -0.05) is 76.9 Å². The van der Waals surface area contributed by atoms with Crippen molar-refractivity contribution < 1.29 is 82.7 Å². The Bertz CT molecular complexity index is 363. The molecule has 0 saturated heterocycles. The Hall–Kier alpha value is 1.81. The van der Waals surface area contributed by atoms with Crippen LogP contribution < -0.4 is 68.9 Å². The SMILES string of the molecule is CCCCCCCC/C=C\CCCCCCCCOP(=O)([O-])[O-].CCOCC.[Na+].[Na+]. The van der Waals surface area contributed by atoms with Gasteiger partial charge in [-0.15, -0.1) is 0 Å². The minimum absolute atomic E-state index is 0. The van der Waals surface area contributed by atoms with Gasteiger partial charge in [-0.3, -0.25) is 0 Å². The molecule has 30 heavy (non-hydrogen) atoms. The molecule has 0 aliphatic carbocycles. The molecule has 0 N–H and O–H groups in total. The molecule has 0 atom stereocenters. The Balaban J connectivity index is -0.000000429. The van der Waals surface area contributed by atoms with Crippen molar-refractivity contribution in [3.05, 3.63) is 12.2 Å². The molecule has 0 aliphatic rings. The summed E-state index contributed by atoms with van der Waals surface area (Å²) in [5, 5.41) is 0. The average molecular weight is 467 g/mol. The maximum absolute atomic E-state index is 10.2. The molecule has 5 nitrogen and oxygen atoms in total. The predicted molar refractivity (Wildman–Crippen MR) is 115 cm³/mol. The van der Waals surface area contributed by atoms with Crippen molar-refractivity contribution in [1.82, 2.24) is 0 Å². The summed E-state index contributed by atoms with van der Waals surface area (Å²) in [7, 11) is -4.76. The fourth-order valence-electron chi connectivity index (χ4n) is 2.73. The molecule has 0 rings (SSSR count). The molecule has 0 aliphatic heterocycles. The number of hydrogen-bond acceptors (Lipinski definition) is 5. The van der Waals surface area contributed by atoms with E-state index in [2.05, 4.69) is 23.6 Å². The normalized spacial score (nSPS) is 10.8. The van der Waals surface area contributed by atoms with Crippen LogP contribution in [0.5, 0.6) is 0 Å². The number of phosphoric acid groups is 1. The Morgan fingerprint density at radius 2 is 1.07 bits per heavy atom. The second-order valence-electron chi connectivity index (χ2n) is 7.00. The molecule has 0 aromatic heterocycles. The van der Waals surface area contributed by atoms with Crippen molar-refractivity contribution in [2.24, 2.45) is 0 Å². The van der Waals surface area contributed by atoms with Gasteiger partial charge in [-0.25, -0.2) is 0 Å². The van der Waals surface area contributed by atoms with Gasteiger partial charge in [-0.2, -0.15) is 0 Å². The molecule has 0 unspecified atom stereocenters. The van der Waals surface area contributed by atoms with E-state index < -0.39 is 7.82 Å². The summed E-state index contributed by atoms with van der Waals surface area (Å²) in [6.07, 6.45) is 21.4. The number of allylic oxidation sites excluding steroid dienone is 2. The van der Waals surface area contributed by atoms with Crippen LogP contribution in [0.25, 0.3) is 0 Å². The van der Waals surface area contributed by atoms with Crippen LogP contribution in [0, 0.1) is 0 Å². The first kappa shape index (κ1) is 39.0. The number of rotatable bonds is 19. The summed E-state index contributed by atoms with van der Waals surface area (Å²) in [6, 6.07) is 0. The minimum atomic E-state index is -4.76. The topological polar surface area (TPSA) is 81.7 Å². The predicted octanol–water partition coefficient (Wildman–Crippen LogP) is -0.0800. The Morgan fingerprint density at radius 3 is 1.43 bits per heavy atom. The molecule has 0 aromatic carbocycles. The number of unbranched alkanes of at least 4 members (excludes halogenated alkanes) is 12. The van der Waals surface area contributed by atoms with Crippen LogP contribution in [0.2, 0.25) is 0 Å². The van der Waals surface area contributed by atoms with Gasteiger partial charge in [0.05, 0.1) is 14.4 Å². The first-order chi connectivity index (χ1) is 13.5. The number of ether oxygens (including phenoxy) is 1. The van der Waals surface area contributed by atoms with Crippen LogP contribution in [0.3, 0.4) is 0 Å². The van der Waals surface area contributed by atoms with E-state index >= 15 is 0 Å². The minimum Gasteiger partial charge on any atom is -0.790 e. The van der Waals surface area contributed by atoms with Gasteiger partial charge in [0.2, 0.25) is 0 Å². The second-order valence-corrected chi connectivity index (χ2v) is 8.15. The van der Waals surface area contributed by atoms with Gasteiger partial charge in [-0.05, 0) is 46.0 Å². The van der Waals surface area contributed by atoms with Crippen molar-refractivity contribution in [1.29, 1.82) is 0 Å². The molecule has 0 bridgehead atoms. The van der Waals surface area contributed by atoms with Gasteiger partial charge in [0, 0.05) is 13.2 Å². The molecular formula is C22H45Na2O5P. The van der Waals surface area contributed by atoms with Crippen molar-refractivity contribution in [3.63, 3.8) is 0 Å². The molecular weight excluding hydrogens is 421 g/mol. The van der Waals surface area contributed by atoms with E-state index in [4.69, 9.17) is 4.74 Å². The molecule has 0 radical (unpaired) electrons. The van der Waals surface area contributed by atoms with E-state index in [1.54, 1.807) is 0 Å². The smallest absolute Gasteiger partial charge is 0.790 e. The van der Waals surface area contributed by atoms with Gasteiger partial charge in [0.25, 0.3) is 0 Å². The zero-order valence-electron chi connectivity index (χ0n) is 20.7. The van der Waals surface area contributed by atoms with E-state index in [1.165, 1.54) is 57.8 Å². The molecule has 0 fully saturated rings. The van der Waals surface area contributed by atoms with E-state index in [0.29, 0.717) is 6.42 Å². The maximum Gasteiger partial charge on any atom is 1.00 e. The van der Waals surface area contributed by atoms with Crippen LogP contribution in [0.4, 0.5) is 0 Å². The van der Waals surface area contributed by atoms with Gasteiger partial charge >= 0.3 is 59.1 Å². The molecule has 0 amide bonds. The van der Waals surface area contributed by atoms with Gasteiger partial charge in [0.15, 0.2) is 0 Å². The molecule has 8 heteroatoms. The average Bonchev–Trinajstić information content (AvgIpc) is 2.64. The molecule has 0 aromatic rings. The van der Waals surface area contributed by atoms with Crippen molar-refractivity contribution >= 4 is 7.82 Å². The molecule has 0 saturated carbocycles. The van der Waals surface area contributed by atoms with Gasteiger partial charge in [0.1, 0.15) is 0 Å². The largest absolute Gasteiger partial charge is 1.00 e. The van der Waals surface area contributed by atoms with Crippen molar-refractivity contribution in [3.8, 4) is 0 Å².